The van der Waals surface area contributed by atoms with Gasteiger partial charge in [-0.25, -0.2) is 4.79 Å². The number of hydrogen-bond donors (Lipinski definition) is 1. The average molecular weight is 353 g/mol. The van der Waals surface area contributed by atoms with E-state index >= 15 is 0 Å². The number of phenolic OH excluding ortho intramolecular Hbond substituents is 1. The first-order valence-corrected chi connectivity index (χ1v) is 8.15. The molecule has 0 saturated carbocycles. The molecule has 0 radical (unpaired) electrons. The summed E-state index contributed by atoms with van der Waals surface area (Å²) in [6.07, 6.45) is 0.541. The predicted octanol–water partition coefficient (Wildman–Crippen LogP) is 3.01. The highest BCUT2D eigenvalue weighted by Crippen LogP contribution is 2.26. The summed E-state index contributed by atoms with van der Waals surface area (Å²) in [6.45, 7) is 5.74. The maximum absolute atomic E-state index is 11.3. The van der Waals surface area contributed by atoms with Gasteiger partial charge < -0.3 is 14.6 Å². The van der Waals surface area contributed by atoms with Gasteiger partial charge in [0.2, 0.25) is 0 Å². The lowest BCUT2D eigenvalue weighted by Crippen LogP contribution is -2.09. The van der Waals surface area contributed by atoms with Crippen molar-refractivity contribution in [2.45, 2.75) is 13.3 Å². The summed E-state index contributed by atoms with van der Waals surface area (Å²) in [6, 6.07) is 12.3. The number of hydrogen-bond acceptors (Lipinski definition) is 6. The molecule has 3 aromatic rings. The van der Waals surface area contributed by atoms with Crippen molar-refractivity contribution in [2.24, 2.45) is 0 Å². The molecule has 26 heavy (non-hydrogen) atoms. The summed E-state index contributed by atoms with van der Waals surface area (Å²) in [7, 11) is 0. The average Bonchev–Trinajstić information content (AvgIpc) is 3.06. The highest BCUT2D eigenvalue weighted by molar-refractivity contribution is 5.86. The van der Waals surface area contributed by atoms with Crippen LogP contribution in [0.2, 0.25) is 0 Å². The minimum absolute atomic E-state index is 0.0491. The molecule has 0 fully saturated rings. The van der Waals surface area contributed by atoms with E-state index in [4.69, 9.17) is 9.47 Å². The number of nitrogens with zero attached hydrogens (tertiary/aromatic N) is 3. The number of carbonyl (C=O) groups is 1. The molecular weight excluding hydrogens is 334 g/mol. The van der Waals surface area contributed by atoms with Crippen molar-refractivity contribution < 1.29 is 19.4 Å². The van der Waals surface area contributed by atoms with Crippen LogP contribution in [0.4, 0.5) is 0 Å². The summed E-state index contributed by atoms with van der Waals surface area (Å²) in [5, 5.41) is 18.8. The minimum Gasteiger partial charge on any atom is -0.506 e. The molecule has 0 amide bonds. The van der Waals surface area contributed by atoms with E-state index in [1.54, 1.807) is 19.1 Å². The van der Waals surface area contributed by atoms with Gasteiger partial charge in [0.1, 0.15) is 28.2 Å². The van der Waals surface area contributed by atoms with Crippen molar-refractivity contribution in [1.82, 2.24) is 15.0 Å². The lowest BCUT2D eigenvalue weighted by Gasteiger charge is -2.09. The zero-order chi connectivity index (χ0) is 18.5. The third-order valence-corrected chi connectivity index (χ3v) is 3.59. The van der Waals surface area contributed by atoms with Crippen molar-refractivity contribution in [3.63, 3.8) is 0 Å². The third-order valence-electron chi connectivity index (χ3n) is 3.59. The van der Waals surface area contributed by atoms with Crippen LogP contribution in [0.15, 0.2) is 54.6 Å². The van der Waals surface area contributed by atoms with Crippen LogP contribution in [0, 0.1) is 0 Å². The fourth-order valence-corrected chi connectivity index (χ4v) is 2.26. The molecule has 0 aliphatic rings. The van der Waals surface area contributed by atoms with E-state index in [0.717, 1.165) is 11.0 Å². The van der Waals surface area contributed by atoms with E-state index in [1.165, 1.54) is 10.9 Å². The Balaban J connectivity index is 1.64. The number of ether oxygens (including phenoxy) is 2. The van der Waals surface area contributed by atoms with Gasteiger partial charge >= 0.3 is 5.97 Å². The maximum atomic E-state index is 11.3. The van der Waals surface area contributed by atoms with Gasteiger partial charge in [0.05, 0.1) is 13.2 Å². The monoisotopic (exact) mass is 353 g/mol. The number of fused-ring (bicyclic) bond motifs is 1. The Morgan fingerprint density at radius 2 is 1.85 bits per heavy atom. The van der Waals surface area contributed by atoms with Crippen LogP contribution in [0.3, 0.4) is 0 Å². The highest BCUT2D eigenvalue weighted by atomic mass is 16.5. The first-order chi connectivity index (χ1) is 12.5. The number of phenols is 1. The van der Waals surface area contributed by atoms with Crippen LogP contribution in [0.5, 0.6) is 11.5 Å². The largest absolute Gasteiger partial charge is 0.506 e. The van der Waals surface area contributed by atoms with Gasteiger partial charge in [-0.15, -0.1) is 15.0 Å². The van der Waals surface area contributed by atoms with Crippen molar-refractivity contribution in [2.75, 3.05) is 13.2 Å². The smallest absolute Gasteiger partial charge is 0.333 e. The van der Waals surface area contributed by atoms with Gasteiger partial charge in [-0.2, -0.15) is 0 Å². The van der Waals surface area contributed by atoms with Gasteiger partial charge in [-0.1, -0.05) is 18.7 Å². The number of esters is 1. The zero-order valence-electron chi connectivity index (χ0n) is 14.4. The minimum atomic E-state index is -0.409. The van der Waals surface area contributed by atoms with Gasteiger partial charge in [-0.05, 0) is 31.2 Å². The molecule has 0 saturated heterocycles. The van der Waals surface area contributed by atoms with Gasteiger partial charge in [0.15, 0.2) is 0 Å². The van der Waals surface area contributed by atoms with Crippen molar-refractivity contribution in [3.05, 3.63) is 54.6 Å². The molecule has 7 nitrogen and oxygen atoms in total. The molecule has 1 heterocycles. The molecule has 7 heteroatoms. The van der Waals surface area contributed by atoms with Gasteiger partial charge in [0.25, 0.3) is 0 Å². The number of carbonyl (C=O) groups excluding carboxylic acids is 1. The van der Waals surface area contributed by atoms with E-state index in [9.17, 15) is 9.90 Å². The molecule has 134 valence electrons. The third kappa shape index (κ3) is 4.00. The van der Waals surface area contributed by atoms with Crippen molar-refractivity contribution in [3.8, 4) is 17.2 Å². The molecule has 3 rings (SSSR count). The Hall–Kier alpha value is -3.35. The predicted molar refractivity (Wildman–Crippen MR) is 96.4 cm³/mol. The SMILES string of the molecule is C=C(C)C(=O)OCCCOc1ccc(O)c(-n2nc3ccccc3n2)c1. The molecule has 1 N–H and O–H groups in total. The van der Waals surface area contributed by atoms with E-state index in [1.807, 2.05) is 24.3 Å². The van der Waals surface area contributed by atoms with E-state index in [2.05, 4.69) is 16.8 Å². The molecule has 2 aromatic carbocycles. The molecule has 0 aliphatic heterocycles. The van der Waals surface area contributed by atoms with E-state index in [0.29, 0.717) is 30.0 Å². The van der Waals surface area contributed by atoms with Crippen LogP contribution in [0.25, 0.3) is 16.7 Å². The van der Waals surface area contributed by atoms with E-state index < -0.39 is 5.97 Å². The summed E-state index contributed by atoms with van der Waals surface area (Å²) >= 11 is 0. The second kappa shape index (κ2) is 7.69. The number of aromatic nitrogens is 3. The normalized spacial score (nSPS) is 10.7. The van der Waals surface area contributed by atoms with Gasteiger partial charge in [0, 0.05) is 18.1 Å². The lowest BCUT2D eigenvalue weighted by molar-refractivity contribution is -0.139. The number of aromatic hydroxyl groups is 1. The molecule has 0 aliphatic carbocycles. The summed E-state index contributed by atoms with van der Waals surface area (Å²) in [5.74, 6) is 0.201. The second-order valence-corrected chi connectivity index (χ2v) is 5.75. The quantitative estimate of drug-likeness (QED) is 0.399. The standard InChI is InChI=1S/C19H19N3O4/c1-13(2)19(24)26-11-5-10-25-14-8-9-18(23)17(12-14)22-20-15-6-3-4-7-16(15)21-22/h3-4,6-9,12,23H,1,5,10-11H2,2H3. The molecule has 0 unspecified atom stereocenters. The fourth-order valence-electron chi connectivity index (χ4n) is 2.26. The Labute approximate surface area is 150 Å². The van der Waals surface area contributed by atoms with Crippen LogP contribution in [-0.4, -0.2) is 39.3 Å². The Morgan fingerprint density at radius 1 is 1.15 bits per heavy atom. The molecule has 0 atom stereocenters. The summed E-state index contributed by atoms with van der Waals surface area (Å²) in [4.78, 5) is 12.7. The lowest BCUT2D eigenvalue weighted by atomic mass is 10.3. The Kier molecular flexibility index (Phi) is 5.17. The zero-order valence-corrected chi connectivity index (χ0v) is 14.4. The summed E-state index contributed by atoms with van der Waals surface area (Å²) < 4.78 is 10.7. The molecular formula is C19H19N3O4. The van der Waals surface area contributed by atoms with Crippen LogP contribution < -0.4 is 4.74 Å². The Morgan fingerprint density at radius 3 is 2.50 bits per heavy atom. The summed E-state index contributed by atoms with van der Waals surface area (Å²) in [5.41, 5.74) is 2.26. The molecule has 0 bridgehead atoms. The Bertz CT molecular complexity index is 916. The fraction of sp³-hybridized carbons (Fsp3) is 0.211. The topological polar surface area (TPSA) is 86.5 Å². The molecule has 0 spiro atoms. The van der Waals surface area contributed by atoms with E-state index in [-0.39, 0.29) is 12.4 Å². The molecule has 1 aromatic heterocycles. The van der Waals surface area contributed by atoms with Crippen LogP contribution >= 0.6 is 0 Å². The number of benzene rings is 2. The first kappa shape index (κ1) is 17.5. The van der Waals surface area contributed by atoms with Crippen molar-refractivity contribution in [1.29, 1.82) is 0 Å². The highest BCUT2D eigenvalue weighted by Gasteiger charge is 2.10. The number of rotatable bonds is 7. The van der Waals surface area contributed by atoms with Gasteiger partial charge in [-0.3, -0.25) is 0 Å². The maximum Gasteiger partial charge on any atom is 0.333 e. The van der Waals surface area contributed by atoms with Crippen molar-refractivity contribution >= 4 is 17.0 Å². The van der Waals surface area contributed by atoms with Crippen LogP contribution in [0.1, 0.15) is 13.3 Å². The first-order valence-electron chi connectivity index (χ1n) is 8.15. The second-order valence-electron chi connectivity index (χ2n) is 5.75. The van der Waals surface area contributed by atoms with Crippen LogP contribution in [-0.2, 0) is 9.53 Å².